The molecule has 0 saturated heterocycles. The molecule has 34 heavy (non-hydrogen) atoms. The first kappa shape index (κ1) is 25.3. The largest absolute Gasteiger partial charge is 0.480 e. The van der Waals surface area contributed by atoms with Crippen molar-refractivity contribution in [2.24, 2.45) is 11.3 Å². The van der Waals surface area contributed by atoms with Crippen LogP contribution in [-0.4, -0.2) is 41.8 Å². The van der Waals surface area contributed by atoms with Crippen LogP contribution in [0.5, 0.6) is 0 Å². The van der Waals surface area contributed by atoms with Gasteiger partial charge in [0.05, 0.1) is 0 Å². The zero-order chi connectivity index (χ0) is 25.0. The van der Waals surface area contributed by atoms with Crippen molar-refractivity contribution in [3.8, 4) is 11.1 Å². The fourth-order valence-electron chi connectivity index (χ4n) is 4.35. The summed E-state index contributed by atoms with van der Waals surface area (Å²) in [5.74, 6) is -1.96. The van der Waals surface area contributed by atoms with Gasteiger partial charge < -0.3 is 20.5 Å². The van der Waals surface area contributed by atoms with Crippen LogP contribution in [0.3, 0.4) is 0 Å². The number of aliphatic carboxylic acids is 1. The molecular formula is C27H34N2O5. The van der Waals surface area contributed by atoms with Crippen molar-refractivity contribution in [1.29, 1.82) is 0 Å². The topological polar surface area (TPSA) is 105 Å². The summed E-state index contributed by atoms with van der Waals surface area (Å²) in [7, 11) is 0. The summed E-state index contributed by atoms with van der Waals surface area (Å²) in [5, 5.41) is 14.8. The Bertz CT molecular complexity index is 1010. The van der Waals surface area contributed by atoms with Crippen LogP contribution in [0.25, 0.3) is 11.1 Å². The first-order chi connectivity index (χ1) is 16.0. The van der Waals surface area contributed by atoms with Gasteiger partial charge in [-0.1, -0.05) is 89.6 Å². The highest BCUT2D eigenvalue weighted by atomic mass is 16.5. The molecule has 182 valence electrons. The fraction of sp³-hybridized carbons (Fsp3) is 0.444. The van der Waals surface area contributed by atoms with E-state index in [2.05, 4.69) is 22.8 Å². The number of hydrogen-bond acceptors (Lipinski definition) is 4. The summed E-state index contributed by atoms with van der Waals surface area (Å²) >= 11 is 0. The molecule has 3 N–H and O–H groups in total. The van der Waals surface area contributed by atoms with Gasteiger partial charge in [-0.05, 0) is 33.6 Å². The number of carboxylic acid groups (broad SMARTS) is 1. The molecule has 3 atom stereocenters. The second-order valence-corrected chi connectivity index (χ2v) is 9.98. The summed E-state index contributed by atoms with van der Waals surface area (Å²) in [6.07, 6.45) is -0.0837. The van der Waals surface area contributed by atoms with Gasteiger partial charge in [-0.3, -0.25) is 4.79 Å². The van der Waals surface area contributed by atoms with Crippen LogP contribution in [0.15, 0.2) is 48.5 Å². The van der Waals surface area contributed by atoms with Gasteiger partial charge in [0.2, 0.25) is 5.91 Å². The van der Waals surface area contributed by atoms with Gasteiger partial charge >= 0.3 is 12.1 Å². The van der Waals surface area contributed by atoms with Crippen LogP contribution in [0.4, 0.5) is 4.79 Å². The van der Waals surface area contributed by atoms with E-state index >= 15 is 0 Å². The molecule has 7 heteroatoms. The summed E-state index contributed by atoms with van der Waals surface area (Å²) < 4.78 is 5.59. The minimum Gasteiger partial charge on any atom is -0.480 e. The Labute approximate surface area is 200 Å². The number of carboxylic acids is 1. The SMILES string of the molecule is CCC(C)[C@H](NC(=O)OCC1c2ccccc2-c2ccccc21)C(=O)N[C@H](C(=O)O)C(C)(C)C. The maximum atomic E-state index is 13.0. The molecule has 0 radical (unpaired) electrons. The molecule has 0 aliphatic heterocycles. The smallest absolute Gasteiger partial charge is 0.407 e. The van der Waals surface area contributed by atoms with E-state index in [4.69, 9.17) is 4.74 Å². The van der Waals surface area contributed by atoms with Gasteiger partial charge in [-0.15, -0.1) is 0 Å². The molecule has 1 aliphatic rings. The van der Waals surface area contributed by atoms with E-state index in [-0.39, 0.29) is 18.4 Å². The minimum atomic E-state index is -1.12. The third-order valence-corrected chi connectivity index (χ3v) is 6.51. The van der Waals surface area contributed by atoms with Gasteiger partial charge in [0.25, 0.3) is 0 Å². The van der Waals surface area contributed by atoms with E-state index in [0.717, 1.165) is 22.3 Å². The van der Waals surface area contributed by atoms with Crippen LogP contribution in [0.2, 0.25) is 0 Å². The highest BCUT2D eigenvalue weighted by molar-refractivity contribution is 5.89. The lowest BCUT2D eigenvalue weighted by atomic mass is 9.86. The number of carbonyl (C=O) groups is 3. The van der Waals surface area contributed by atoms with Crippen molar-refractivity contribution in [2.75, 3.05) is 6.61 Å². The second-order valence-electron chi connectivity index (χ2n) is 9.98. The van der Waals surface area contributed by atoms with Crippen LogP contribution < -0.4 is 10.6 Å². The third-order valence-electron chi connectivity index (χ3n) is 6.51. The van der Waals surface area contributed by atoms with E-state index in [1.54, 1.807) is 20.8 Å². The van der Waals surface area contributed by atoms with Crippen molar-refractivity contribution in [3.63, 3.8) is 0 Å². The molecule has 2 aromatic rings. The Hall–Kier alpha value is -3.35. The Balaban J connectivity index is 1.70. The monoisotopic (exact) mass is 466 g/mol. The molecule has 0 saturated carbocycles. The number of amides is 2. The molecule has 1 unspecified atom stereocenters. The molecule has 3 rings (SSSR count). The highest BCUT2D eigenvalue weighted by Crippen LogP contribution is 2.44. The van der Waals surface area contributed by atoms with Gasteiger partial charge in [-0.2, -0.15) is 0 Å². The zero-order valence-electron chi connectivity index (χ0n) is 20.4. The maximum absolute atomic E-state index is 13.0. The molecule has 0 heterocycles. The van der Waals surface area contributed by atoms with E-state index in [1.807, 2.05) is 50.2 Å². The average Bonchev–Trinajstić information content (AvgIpc) is 3.11. The normalized spacial score (nSPS) is 15.4. The van der Waals surface area contributed by atoms with Crippen LogP contribution in [0, 0.1) is 11.3 Å². The van der Waals surface area contributed by atoms with Crippen LogP contribution in [-0.2, 0) is 14.3 Å². The number of rotatable bonds is 8. The number of alkyl carbamates (subject to hydrolysis) is 1. The molecule has 0 fully saturated rings. The highest BCUT2D eigenvalue weighted by Gasteiger charge is 2.36. The van der Waals surface area contributed by atoms with Gasteiger partial charge in [0, 0.05) is 5.92 Å². The first-order valence-electron chi connectivity index (χ1n) is 11.7. The average molecular weight is 467 g/mol. The van der Waals surface area contributed by atoms with E-state index < -0.39 is 35.5 Å². The number of ether oxygens (including phenoxy) is 1. The van der Waals surface area contributed by atoms with Gasteiger partial charge in [0.15, 0.2) is 0 Å². The van der Waals surface area contributed by atoms with Gasteiger partial charge in [-0.25, -0.2) is 9.59 Å². The third kappa shape index (κ3) is 5.41. The summed E-state index contributed by atoms with van der Waals surface area (Å²) in [6, 6.07) is 14.1. The lowest BCUT2D eigenvalue weighted by molar-refractivity contribution is -0.145. The number of carbonyl (C=O) groups excluding carboxylic acids is 2. The summed E-state index contributed by atoms with van der Waals surface area (Å²) in [4.78, 5) is 37.4. The maximum Gasteiger partial charge on any atom is 0.407 e. The molecule has 1 aliphatic carbocycles. The molecule has 0 bridgehead atoms. The van der Waals surface area contributed by atoms with Crippen molar-refractivity contribution in [3.05, 3.63) is 59.7 Å². The molecule has 0 spiro atoms. The predicted molar refractivity (Wildman–Crippen MR) is 130 cm³/mol. The predicted octanol–water partition coefficient (Wildman–Crippen LogP) is 4.56. The van der Waals surface area contributed by atoms with Crippen LogP contribution in [0.1, 0.15) is 58.1 Å². The molecule has 7 nitrogen and oxygen atoms in total. The van der Waals surface area contributed by atoms with Crippen LogP contribution >= 0.6 is 0 Å². The number of nitrogens with one attached hydrogen (secondary N) is 2. The van der Waals surface area contributed by atoms with E-state index in [1.165, 1.54) is 0 Å². The van der Waals surface area contributed by atoms with Crippen molar-refractivity contribution in [2.45, 2.75) is 59.0 Å². The Morgan fingerprint density at radius 1 is 0.971 bits per heavy atom. The fourth-order valence-corrected chi connectivity index (χ4v) is 4.35. The van der Waals surface area contributed by atoms with E-state index in [9.17, 15) is 19.5 Å². The Morgan fingerprint density at radius 2 is 1.50 bits per heavy atom. The second kappa shape index (κ2) is 10.3. The molecule has 2 amide bonds. The number of fused-ring (bicyclic) bond motifs is 3. The Kier molecular flexibility index (Phi) is 7.64. The zero-order valence-corrected chi connectivity index (χ0v) is 20.4. The first-order valence-corrected chi connectivity index (χ1v) is 11.7. The molecule has 0 aromatic heterocycles. The molecular weight excluding hydrogens is 432 g/mol. The lowest BCUT2D eigenvalue weighted by Crippen LogP contribution is -2.57. The number of benzene rings is 2. The Morgan fingerprint density at radius 3 is 1.97 bits per heavy atom. The van der Waals surface area contributed by atoms with E-state index in [0.29, 0.717) is 6.42 Å². The van der Waals surface area contributed by atoms with Crippen molar-refractivity contribution in [1.82, 2.24) is 10.6 Å². The van der Waals surface area contributed by atoms with Crippen molar-refractivity contribution < 1.29 is 24.2 Å². The molecule has 2 aromatic carbocycles. The minimum absolute atomic E-state index is 0.0914. The lowest BCUT2D eigenvalue weighted by Gasteiger charge is -2.31. The number of hydrogen-bond donors (Lipinski definition) is 3. The summed E-state index contributed by atoms with van der Waals surface area (Å²) in [6.45, 7) is 9.09. The van der Waals surface area contributed by atoms with Gasteiger partial charge in [0.1, 0.15) is 18.7 Å². The van der Waals surface area contributed by atoms with Crippen molar-refractivity contribution >= 4 is 18.0 Å². The standard InChI is InChI=1S/C27H34N2O5/c1-6-16(2)22(24(30)29-23(25(31)32)27(3,4)5)28-26(33)34-15-21-19-13-9-7-11-17(19)18-12-8-10-14-20(18)21/h7-14,16,21-23H,6,15H2,1-5H3,(H,28,33)(H,29,30)(H,31,32)/t16?,22-,23+/m0/s1. The summed E-state index contributed by atoms with van der Waals surface area (Å²) in [5.41, 5.74) is 3.77. The quantitative estimate of drug-likeness (QED) is 0.529.